The minimum atomic E-state index is -0.732. The number of carbonyl (C=O) groups excluding carboxylic acids is 2. The van der Waals surface area contributed by atoms with Crippen LogP contribution in [0.2, 0.25) is 5.02 Å². The first kappa shape index (κ1) is 17.3. The van der Waals surface area contributed by atoms with Gasteiger partial charge in [-0.1, -0.05) is 23.7 Å². The van der Waals surface area contributed by atoms with Gasteiger partial charge in [-0.25, -0.2) is 14.6 Å². The van der Waals surface area contributed by atoms with Crippen molar-refractivity contribution in [2.75, 3.05) is 13.7 Å². The highest BCUT2D eigenvalue weighted by Gasteiger charge is 2.35. The van der Waals surface area contributed by atoms with Crippen LogP contribution >= 0.6 is 11.6 Å². The molecule has 132 valence electrons. The number of halogens is 1. The van der Waals surface area contributed by atoms with E-state index in [-0.39, 0.29) is 12.1 Å². The average molecular weight is 363 g/mol. The van der Waals surface area contributed by atoms with Gasteiger partial charge in [-0.05, 0) is 24.6 Å². The Labute approximate surface area is 150 Å². The van der Waals surface area contributed by atoms with E-state index in [0.717, 1.165) is 17.0 Å². The normalized spacial score (nSPS) is 17.6. The lowest BCUT2D eigenvalue weighted by Crippen LogP contribution is -2.50. The number of esters is 1. The monoisotopic (exact) mass is 362 g/mol. The summed E-state index contributed by atoms with van der Waals surface area (Å²) in [6, 6.07) is 5.89. The summed E-state index contributed by atoms with van der Waals surface area (Å²) in [5, 5.41) is 3.31. The van der Waals surface area contributed by atoms with Gasteiger partial charge < -0.3 is 19.9 Å². The van der Waals surface area contributed by atoms with Crippen LogP contribution in [-0.4, -0.2) is 46.6 Å². The van der Waals surface area contributed by atoms with Crippen LogP contribution in [-0.2, 0) is 16.0 Å². The number of carbonyl (C=O) groups is 2. The molecule has 0 saturated heterocycles. The highest BCUT2D eigenvalue weighted by molar-refractivity contribution is 6.30. The Hall–Kier alpha value is -2.54. The van der Waals surface area contributed by atoms with Crippen LogP contribution < -0.4 is 5.32 Å². The van der Waals surface area contributed by atoms with Crippen molar-refractivity contribution < 1.29 is 14.3 Å². The fourth-order valence-electron chi connectivity index (χ4n) is 2.98. The molecule has 0 spiro atoms. The molecule has 2 heterocycles. The maximum absolute atomic E-state index is 12.8. The van der Waals surface area contributed by atoms with Crippen molar-refractivity contribution in [3.8, 4) is 0 Å². The number of hydrogen-bond acceptors (Lipinski definition) is 4. The molecule has 0 radical (unpaired) electrons. The number of nitrogens with zero attached hydrogens (tertiary/aromatic N) is 2. The van der Waals surface area contributed by atoms with Crippen LogP contribution in [0.1, 0.15) is 29.9 Å². The third-order valence-corrected chi connectivity index (χ3v) is 4.52. The van der Waals surface area contributed by atoms with Gasteiger partial charge in [0.2, 0.25) is 0 Å². The summed E-state index contributed by atoms with van der Waals surface area (Å²) in [6.07, 6.45) is 2.30. The molecule has 0 aliphatic carbocycles. The summed E-state index contributed by atoms with van der Waals surface area (Å²) < 4.78 is 4.66. The number of amides is 2. The Kier molecular flexibility index (Phi) is 4.94. The summed E-state index contributed by atoms with van der Waals surface area (Å²) in [4.78, 5) is 33.5. The summed E-state index contributed by atoms with van der Waals surface area (Å²) in [5.74, 6) is -0.492. The Balaban J connectivity index is 1.90. The minimum absolute atomic E-state index is 0.341. The zero-order valence-electron chi connectivity index (χ0n) is 14.0. The largest absolute Gasteiger partial charge is 0.467 e. The molecule has 1 aliphatic heterocycles. The van der Waals surface area contributed by atoms with Crippen LogP contribution in [0.4, 0.5) is 4.79 Å². The highest BCUT2D eigenvalue weighted by atomic mass is 35.5. The van der Waals surface area contributed by atoms with Gasteiger partial charge in [0.1, 0.15) is 12.1 Å². The molecule has 0 saturated carbocycles. The highest BCUT2D eigenvalue weighted by Crippen LogP contribution is 2.33. The molecule has 2 N–H and O–H groups in total. The average Bonchev–Trinajstić information content (AvgIpc) is 3.09. The molecule has 3 rings (SSSR count). The smallest absolute Gasteiger partial charge is 0.328 e. The molecule has 1 aromatic carbocycles. The van der Waals surface area contributed by atoms with E-state index in [9.17, 15) is 9.59 Å². The topological polar surface area (TPSA) is 87.3 Å². The number of methoxy groups -OCH3 is 1. The lowest BCUT2D eigenvalue weighted by atomic mass is 9.96. The van der Waals surface area contributed by atoms with E-state index in [1.54, 1.807) is 30.3 Å². The molecule has 0 fully saturated rings. The second-order valence-electron chi connectivity index (χ2n) is 5.86. The van der Waals surface area contributed by atoms with E-state index in [0.29, 0.717) is 18.0 Å². The molecule has 2 atom stereocenters. The number of imidazole rings is 1. The van der Waals surface area contributed by atoms with Gasteiger partial charge in [0, 0.05) is 23.7 Å². The summed E-state index contributed by atoms with van der Waals surface area (Å²) in [5.41, 5.74) is 2.71. The first-order chi connectivity index (χ1) is 12.0. The maximum atomic E-state index is 12.8. The second kappa shape index (κ2) is 7.14. The van der Waals surface area contributed by atoms with Crippen molar-refractivity contribution >= 4 is 23.6 Å². The van der Waals surface area contributed by atoms with E-state index < -0.39 is 12.0 Å². The predicted octanol–water partition coefficient (Wildman–Crippen LogP) is 2.28. The Morgan fingerprint density at radius 3 is 2.80 bits per heavy atom. The minimum Gasteiger partial charge on any atom is -0.467 e. The third-order valence-electron chi connectivity index (χ3n) is 4.27. The van der Waals surface area contributed by atoms with Gasteiger partial charge in [-0.2, -0.15) is 0 Å². The molecule has 8 heteroatoms. The molecular formula is C17H19ClN4O3. The fourth-order valence-corrected chi connectivity index (χ4v) is 3.11. The van der Waals surface area contributed by atoms with E-state index in [1.165, 1.54) is 7.11 Å². The molecule has 2 aromatic rings. The summed E-state index contributed by atoms with van der Waals surface area (Å²) in [7, 11) is 1.29. The van der Waals surface area contributed by atoms with Crippen LogP contribution in [0.15, 0.2) is 30.6 Å². The van der Waals surface area contributed by atoms with Gasteiger partial charge >= 0.3 is 12.0 Å². The Morgan fingerprint density at radius 1 is 1.40 bits per heavy atom. The molecule has 1 aliphatic rings. The number of fused-ring (bicyclic) bond motifs is 1. The number of rotatable bonds is 3. The number of aromatic nitrogens is 2. The standard InChI is InChI=1S/C17H19ClN4O3/c1-10(16(23)25-2)21-17(24)22-8-7-13-14(20-9-19-13)15(22)11-3-5-12(18)6-4-11/h3-6,9-10,15H,7-8H2,1-2H3,(H,19,20)(H,21,24). The van der Waals surface area contributed by atoms with Crippen molar-refractivity contribution in [3.63, 3.8) is 0 Å². The van der Waals surface area contributed by atoms with Gasteiger partial charge in [-0.15, -0.1) is 0 Å². The second-order valence-corrected chi connectivity index (χ2v) is 6.29. The van der Waals surface area contributed by atoms with Crippen molar-refractivity contribution in [3.05, 3.63) is 52.6 Å². The predicted molar refractivity (Wildman–Crippen MR) is 92.3 cm³/mol. The lowest BCUT2D eigenvalue weighted by Gasteiger charge is -2.35. The zero-order valence-corrected chi connectivity index (χ0v) is 14.7. The van der Waals surface area contributed by atoms with Gasteiger partial charge in [0.05, 0.1) is 19.1 Å². The van der Waals surface area contributed by atoms with Crippen LogP contribution in [0.25, 0.3) is 0 Å². The van der Waals surface area contributed by atoms with Crippen LogP contribution in [0.3, 0.4) is 0 Å². The molecule has 25 heavy (non-hydrogen) atoms. The number of H-pyrrole nitrogens is 1. The molecule has 2 amide bonds. The number of nitrogens with one attached hydrogen (secondary N) is 2. The molecule has 1 aromatic heterocycles. The number of hydrogen-bond donors (Lipinski definition) is 2. The number of ether oxygens (including phenoxy) is 1. The van der Waals surface area contributed by atoms with Crippen LogP contribution in [0, 0.1) is 0 Å². The van der Waals surface area contributed by atoms with Crippen molar-refractivity contribution in [2.45, 2.75) is 25.4 Å². The quantitative estimate of drug-likeness (QED) is 0.820. The van der Waals surface area contributed by atoms with Crippen molar-refractivity contribution in [2.24, 2.45) is 0 Å². The van der Waals surface area contributed by atoms with Gasteiger partial charge in [-0.3, -0.25) is 0 Å². The fraction of sp³-hybridized carbons (Fsp3) is 0.353. The Morgan fingerprint density at radius 2 is 2.12 bits per heavy atom. The zero-order chi connectivity index (χ0) is 18.0. The molecule has 2 unspecified atom stereocenters. The van der Waals surface area contributed by atoms with Crippen LogP contribution in [0.5, 0.6) is 0 Å². The summed E-state index contributed by atoms with van der Waals surface area (Å²) >= 11 is 5.98. The van der Waals surface area contributed by atoms with E-state index in [1.807, 2.05) is 12.1 Å². The lowest BCUT2D eigenvalue weighted by molar-refractivity contribution is -0.142. The van der Waals surface area contributed by atoms with E-state index >= 15 is 0 Å². The first-order valence-corrected chi connectivity index (χ1v) is 8.31. The number of benzene rings is 1. The van der Waals surface area contributed by atoms with E-state index in [2.05, 4.69) is 20.0 Å². The number of urea groups is 1. The van der Waals surface area contributed by atoms with E-state index in [4.69, 9.17) is 11.6 Å². The van der Waals surface area contributed by atoms with Crippen molar-refractivity contribution in [1.82, 2.24) is 20.2 Å². The maximum Gasteiger partial charge on any atom is 0.328 e. The van der Waals surface area contributed by atoms with Gasteiger partial charge in [0.15, 0.2) is 0 Å². The Bertz CT molecular complexity index is 774. The molecule has 0 bridgehead atoms. The SMILES string of the molecule is COC(=O)C(C)NC(=O)N1CCc2[nH]cnc2C1c1ccc(Cl)cc1. The number of aromatic amines is 1. The third kappa shape index (κ3) is 3.46. The molecular weight excluding hydrogens is 344 g/mol. The van der Waals surface area contributed by atoms with Gasteiger partial charge in [0.25, 0.3) is 0 Å². The molecule has 7 nitrogen and oxygen atoms in total. The van der Waals surface area contributed by atoms with Crippen molar-refractivity contribution in [1.29, 1.82) is 0 Å². The summed E-state index contributed by atoms with van der Waals surface area (Å²) in [6.45, 7) is 2.09. The first-order valence-electron chi connectivity index (χ1n) is 7.94.